The molecule has 0 spiro atoms. The molecule has 0 saturated carbocycles. The fourth-order valence-corrected chi connectivity index (χ4v) is 2.21. The minimum absolute atomic E-state index is 0.169. The first-order chi connectivity index (χ1) is 8.62. The van der Waals surface area contributed by atoms with Gasteiger partial charge in [0.25, 0.3) is 0 Å². The lowest BCUT2D eigenvalue weighted by Crippen LogP contribution is -2.27. The molecule has 1 rings (SSSR count). The Labute approximate surface area is 112 Å². The van der Waals surface area contributed by atoms with E-state index in [4.69, 9.17) is 11.5 Å². The smallest absolute Gasteiger partial charge is 0.217 e. The number of carbonyl (C=O) groups is 1. The first kappa shape index (κ1) is 15.6. The number of amides is 1. The molecule has 0 saturated heterocycles. The molecule has 0 aliphatic rings. The lowest BCUT2D eigenvalue weighted by molar-refractivity contribution is -0.120. The molecule has 0 heterocycles. The van der Waals surface area contributed by atoms with Crippen LogP contribution in [0.5, 0.6) is 0 Å². The largest absolute Gasteiger partial charge is 0.370 e. The van der Waals surface area contributed by atoms with Gasteiger partial charge in [0, 0.05) is 24.1 Å². The Morgan fingerprint density at radius 3 is 2.42 bits per heavy atom. The summed E-state index contributed by atoms with van der Waals surface area (Å²) in [7, 11) is 0. The van der Waals surface area contributed by atoms with Gasteiger partial charge in [-0.05, 0) is 30.4 Å². The average molecular weight is 270 g/mol. The first-order valence-electron chi connectivity index (χ1n) is 6.12. The summed E-state index contributed by atoms with van der Waals surface area (Å²) in [6, 6.07) is 1.65. The van der Waals surface area contributed by atoms with Crippen LogP contribution in [0.2, 0.25) is 0 Å². The molecule has 0 aromatic heterocycles. The zero-order valence-electron chi connectivity index (χ0n) is 11.5. The van der Waals surface area contributed by atoms with Gasteiger partial charge in [0.15, 0.2) is 0 Å². The summed E-state index contributed by atoms with van der Waals surface area (Å²) in [5.74, 6) is -1.68. The molecular formula is C14H20F2N2O. The molecular weight excluding hydrogens is 250 g/mol. The van der Waals surface area contributed by atoms with E-state index in [1.807, 2.05) is 13.8 Å². The highest BCUT2D eigenvalue weighted by Gasteiger charge is 2.26. The number of carbonyl (C=O) groups excluding carboxylic acids is 1. The molecule has 4 N–H and O–H groups in total. The second kappa shape index (κ2) is 5.65. The van der Waals surface area contributed by atoms with Gasteiger partial charge in [0.05, 0.1) is 0 Å². The van der Waals surface area contributed by atoms with Crippen molar-refractivity contribution in [2.24, 2.45) is 16.9 Å². The van der Waals surface area contributed by atoms with Crippen molar-refractivity contribution in [2.45, 2.75) is 39.7 Å². The van der Waals surface area contributed by atoms with Gasteiger partial charge >= 0.3 is 0 Å². The number of halogens is 2. The molecule has 0 aliphatic heterocycles. The molecule has 0 aliphatic carbocycles. The summed E-state index contributed by atoms with van der Waals surface area (Å²) >= 11 is 0. The Morgan fingerprint density at radius 2 is 1.89 bits per heavy atom. The van der Waals surface area contributed by atoms with Crippen LogP contribution in [0.3, 0.4) is 0 Å². The highest BCUT2D eigenvalue weighted by Crippen LogP contribution is 2.33. The van der Waals surface area contributed by atoms with Gasteiger partial charge in [0.2, 0.25) is 5.91 Å². The Morgan fingerprint density at radius 1 is 1.32 bits per heavy atom. The molecule has 19 heavy (non-hydrogen) atoms. The summed E-state index contributed by atoms with van der Waals surface area (Å²) in [6.45, 7) is 5.23. The lowest BCUT2D eigenvalue weighted by atomic mass is 9.80. The molecule has 0 radical (unpaired) electrons. The van der Waals surface area contributed by atoms with E-state index in [9.17, 15) is 13.6 Å². The van der Waals surface area contributed by atoms with Gasteiger partial charge in [-0.3, -0.25) is 4.79 Å². The third-order valence-electron chi connectivity index (χ3n) is 3.10. The molecule has 0 bridgehead atoms. The van der Waals surface area contributed by atoms with E-state index >= 15 is 0 Å². The maximum Gasteiger partial charge on any atom is 0.217 e. The Bertz CT molecular complexity index is 487. The predicted octanol–water partition coefficient (Wildman–Crippen LogP) is 2.56. The third-order valence-corrected chi connectivity index (χ3v) is 3.10. The standard InChI is InChI=1S/C14H20F2N2O/c1-8-4-9(11(16)5-10(8)15)12(17)6-14(2,3)7-13(18)19/h4-5,12H,6-7,17H2,1-3H3,(H2,18,19). The number of benzene rings is 1. The van der Waals surface area contributed by atoms with Crippen molar-refractivity contribution in [3.8, 4) is 0 Å². The zero-order valence-corrected chi connectivity index (χ0v) is 11.5. The number of nitrogens with two attached hydrogens (primary N) is 2. The molecule has 1 atom stereocenters. The number of hydrogen-bond acceptors (Lipinski definition) is 2. The fourth-order valence-electron chi connectivity index (χ4n) is 2.21. The van der Waals surface area contributed by atoms with E-state index in [1.54, 1.807) is 6.92 Å². The zero-order chi connectivity index (χ0) is 14.8. The molecule has 1 amide bonds. The first-order valence-corrected chi connectivity index (χ1v) is 6.12. The van der Waals surface area contributed by atoms with Gasteiger partial charge in [-0.1, -0.05) is 13.8 Å². The molecule has 1 aromatic carbocycles. The number of hydrogen-bond donors (Lipinski definition) is 2. The Kier molecular flexibility index (Phi) is 4.63. The minimum atomic E-state index is -0.662. The highest BCUT2D eigenvalue weighted by atomic mass is 19.1. The summed E-state index contributed by atoms with van der Waals surface area (Å²) in [4.78, 5) is 11.0. The molecule has 1 aromatic rings. The van der Waals surface area contributed by atoms with Crippen LogP contribution >= 0.6 is 0 Å². The van der Waals surface area contributed by atoms with E-state index < -0.39 is 29.0 Å². The van der Waals surface area contributed by atoms with Gasteiger partial charge in [0.1, 0.15) is 11.6 Å². The van der Waals surface area contributed by atoms with Crippen LogP contribution in [0, 0.1) is 24.0 Å². The van der Waals surface area contributed by atoms with E-state index in [0.717, 1.165) is 6.07 Å². The van der Waals surface area contributed by atoms with Gasteiger partial charge in [-0.25, -0.2) is 8.78 Å². The molecule has 0 fully saturated rings. The lowest BCUT2D eigenvalue weighted by Gasteiger charge is -2.27. The quantitative estimate of drug-likeness (QED) is 0.863. The maximum atomic E-state index is 13.7. The summed E-state index contributed by atoms with van der Waals surface area (Å²) in [5, 5.41) is 0. The second-order valence-corrected chi connectivity index (χ2v) is 5.74. The van der Waals surface area contributed by atoms with Crippen LogP contribution < -0.4 is 11.5 Å². The third kappa shape index (κ3) is 4.28. The van der Waals surface area contributed by atoms with Crippen molar-refractivity contribution in [3.05, 3.63) is 34.9 Å². The number of primary amides is 1. The normalized spacial score (nSPS) is 13.4. The molecule has 5 heteroatoms. The highest BCUT2D eigenvalue weighted by molar-refractivity contribution is 5.74. The van der Waals surface area contributed by atoms with Gasteiger partial charge in [-0.2, -0.15) is 0 Å². The average Bonchev–Trinajstić information content (AvgIpc) is 2.20. The van der Waals surface area contributed by atoms with Crippen LogP contribution in [0.15, 0.2) is 12.1 Å². The molecule has 1 unspecified atom stereocenters. The monoisotopic (exact) mass is 270 g/mol. The van der Waals surface area contributed by atoms with Crippen LogP contribution in [-0.2, 0) is 4.79 Å². The van der Waals surface area contributed by atoms with Crippen molar-refractivity contribution >= 4 is 5.91 Å². The fraction of sp³-hybridized carbons (Fsp3) is 0.500. The van der Waals surface area contributed by atoms with Crippen molar-refractivity contribution in [3.63, 3.8) is 0 Å². The summed E-state index contributed by atoms with van der Waals surface area (Å²) < 4.78 is 26.9. The van der Waals surface area contributed by atoms with E-state index in [1.165, 1.54) is 6.07 Å². The SMILES string of the molecule is Cc1cc(C(N)CC(C)(C)CC(N)=O)c(F)cc1F. The Hall–Kier alpha value is -1.49. The van der Waals surface area contributed by atoms with Gasteiger partial charge < -0.3 is 11.5 Å². The predicted molar refractivity (Wildman–Crippen MR) is 70.2 cm³/mol. The van der Waals surface area contributed by atoms with Crippen molar-refractivity contribution in [1.82, 2.24) is 0 Å². The van der Waals surface area contributed by atoms with E-state index in [0.29, 0.717) is 12.0 Å². The number of rotatable bonds is 5. The van der Waals surface area contributed by atoms with Crippen LogP contribution in [0.1, 0.15) is 43.9 Å². The molecule has 3 nitrogen and oxygen atoms in total. The molecule has 106 valence electrons. The van der Waals surface area contributed by atoms with Crippen LogP contribution in [0.4, 0.5) is 8.78 Å². The van der Waals surface area contributed by atoms with E-state index in [2.05, 4.69) is 0 Å². The summed E-state index contributed by atoms with van der Waals surface area (Å²) in [5.41, 5.74) is 11.3. The van der Waals surface area contributed by atoms with Crippen LogP contribution in [-0.4, -0.2) is 5.91 Å². The minimum Gasteiger partial charge on any atom is -0.370 e. The van der Waals surface area contributed by atoms with Crippen molar-refractivity contribution in [1.29, 1.82) is 0 Å². The topological polar surface area (TPSA) is 69.1 Å². The van der Waals surface area contributed by atoms with E-state index in [-0.39, 0.29) is 12.0 Å². The maximum absolute atomic E-state index is 13.7. The van der Waals surface area contributed by atoms with Crippen molar-refractivity contribution < 1.29 is 13.6 Å². The number of aryl methyl sites for hydroxylation is 1. The second-order valence-electron chi connectivity index (χ2n) is 5.74. The van der Waals surface area contributed by atoms with Crippen molar-refractivity contribution in [2.75, 3.05) is 0 Å². The Balaban J connectivity index is 2.92. The van der Waals surface area contributed by atoms with Crippen LogP contribution in [0.25, 0.3) is 0 Å². The summed E-state index contributed by atoms with van der Waals surface area (Å²) in [6.07, 6.45) is 0.556. The van der Waals surface area contributed by atoms with Gasteiger partial charge in [-0.15, -0.1) is 0 Å².